The lowest BCUT2D eigenvalue weighted by Gasteiger charge is -2.14. The molecule has 0 radical (unpaired) electrons. The normalized spacial score (nSPS) is 10.5. The Balaban J connectivity index is 0.00000109. The third-order valence-corrected chi connectivity index (χ3v) is 3.70. The Bertz CT molecular complexity index is 960. The molecule has 1 heterocycles. The van der Waals surface area contributed by atoms with Gasteiger partial charge < -0.3 is 0 Å². The van der Waals surface area contributed by atoms with Crippen molar-refractivity contribution in [2.75, 3.05) is 0 Å². The first kappa shape index (κ1) is 18.7. The van der Waals surface area contributed by atoms with Gasteiger partial charge in [-0.15, -0.1) is 0 Å². The molecule has 132 valence electrons. The maximum Gasteiger partial charge on any atom is 0.266 e. The number of para-hydroxylation sites is 1. The van der Waals surface area contributed by atoms with Crippen LogP contribution in [-0.2, 0) is 6.42 Å². The maximum absolute atomic E-state index is 14.1. The van der Waals surface area contributed by atoms with Crippen LogP contribution in [0.4, 0.5) is 13.2 Å². The van der Waals surface area contributed by atoms with Gasteiger partial charge in [-0.3, -0.25) is 9.36 Å². The van der Waals surface area contributed by atoms with E-state index in [4.69, 9.17) is 0 Å². The summed E-state index contributed by atoms with van der Waals surface area (Å²) in [4.78, 5) is 16.9. The highest BCUT2D eigenvalue weighted by Crippen LogP contribution is 2.21. The second-order valence-electron chi connectivity index (χ2n) is 5.21. The molecule has 0 fully saturated rings. The molecule has 0 N–H and O–H groups in total. The van der Waals surface area contributed by atoms with E-state index in [1.54, 1.807) is 6.92 Å². The fourth-order valence-corrected chi connectivity index (χ4v) is 2.53. The van der Waals surface area contributed by atoms with Crippen LogP contribution in [0.3, 0.4) is 0 Å². The molecule has 2 aromatic carbocycles. The summed E-state index contributed by atoms with van der Waals surface area (Å²) in [6.07, 6.45) is 0.258. The van der Waals surface area contributed by atoms with Crippen molar-refractivity contribution >= 4 is 10.9 Å². The third kappa shape index (κ3) is 3.29. The molecule has 3 aromatic rings. The van der Waals surface area contributed by atoms with Crippen LogP contribution in [0.15, 0.2) is 35.1 Å². The second kappa shape index (κ2) is 7.51. The van der Waals surface area contributed by atoms with Crippen molar-refractivity contribution in [3.8, 4) is 5.69 Å². The lowest BCUT2D eigenvalue weighted by Crippen LogP contribution is -2.25. The van der Waals surface area contributed by atoms with Crippen molar-refractivity contribution in [1.82, 2.24) is 9.55 Å². The van der Waals surface area contributed by atoms with Crippen LogP contribution in [0.2, 0.25) is 0 Å². The van der Waals surface area contributed by atoms with Crippen LogP contribution in [0.5, 0.6) is 0 Å². The molecule has 6 heteroatoms. The SMILES string of the molecule is CC.CCc1nc2cc(F)c(C)cc2c(=O)n1-c1c(F)cccc1F. The fraction of sp³-hybridized carbons (Fsp3) is 0.263. The molecule has 1 aromatic heterocycles. The van der Waals surface area contributed by atoms with Gasteiger partial charge in [-0.2, -0.15) is 0 Å². The highest BCUT2D eigenvalue weighted by molar-refractivity contribution is 5.79. The molecular weight excluding hydrogens is 329 g/mol. The van der Waals surface area contributed by atoms with Crippen LogP contribution in [0.1, 0.15) is 32.2 Å². The van der Waals surface area contributed by atoms with Gasteiger partial charge >= 0.3 is 0 Å². The lowest BCUT2D eigenvalue weighted by molar-refractivity contribution is 0.561. The standard InChI is InChI=1S/C17H13F3N2O.C2H6/c1-3-15-21-14-8-13(20)9(2)7-10(14)17(23)22(15)16-11(18)5-4-6-12(16)19;1-2/h4-8H,3H2,1-2H3;1-2H3. The number of hydrogen-bond acceptors (Lipinski definition) is 2. The van der Waals surface area contributed by atoms with Crippen LogP contribution in [-0.4, -0.2) is 9.55 Å². The van der Waals surface area contributed by atoms with Gasteiger partial charge in [0.15, 0.2) is 0 Å². The van der Waals surface area contributed by atoms with Gasteiger partial charge in [-0.1, -0.05) is 26.8 Å². The van der Waals surface area contributed by atoms with Crippen molar-refractivity contribution in [3.05, 3.63) is 69.5 Å². The molecule has 0 saturated heterocycles. The van der Waals surface area contributed by atoms with Crippen molar-refractivity contribution in [2.24, 2.45) is 0 Å². The zero-order valence-corrected chi connectivity index (χ0v) is 14.5. The van der Waals surface area contributed by atoms with Crippen molar-refractivity contribution in [2.45, 2.75) is 34.1 Å². The molecule has 0 amide bonds. The molecule has 3 rings (SSSR count). The Morgan fingerprint density at radius 1 is 1.04 bits per heavy atom. The minimum absolute atomic E-state index is 0.115. The molecule has 0 spiro atoms. The Morgan fingerprint density at radius 2 is 1.64 bits per heavy atom. The first-order valence-electron chi connectivity index (χ1n) is 8.10. The van der Waals surface area contributed by atoms with E-state index in [2.05, 4.69) is 4.98 Å². The summed E-state index contributed by atoms with van der Waals surface area (Å²) in [6, 6.07) is 5.87. The summed E-state index contributed by atoms with van der Waals surface area (Å²) < 4.78 is 42.8. The van der Waals surface area contributed by atoms with Gasteiger partial charge in [-0.05, 0) is 30.7 Å². The number of aryl methyl sites for hydroxylation is 2. The maximum atomic E-state index is 14.1. The third-order valence-electron chi connectivity index (χ3n) is 3.70. The number of rotatable bonds is 2. The summed E-state index contributed by atoms with van der Waals surface area (Å²) in [5.41, 5.74) is -0.658. The fourth-order valence-electron chi connectivity index (χ4n) is 2.53. The average molecular weight is 348 g/mol. The van der Waals surface area contributed by atoms with E-state index in [1.165, 1.54) is 19.1 Å². The van der Waals surface area contributed by atoms with Gasteiger partial charge in [0, 0.05) is 12.5 Å². The number of nitrogens with zero attached hydrogens (tertiary/aromatic N) is 2. The molecule has 0 atom stereocenters. The molecule has 0 unspecified atom stereocenters. The van der Waals surface area contributed by atoms with E-state index in [1.807, 2.05) is 13.8 Å². The Morgan fingerprint density at radius 3 is 2.20 bits per heavy atom. The number of fused-ring (bicyclic) bond motifs is 1. The van der Waals surface area contributed by atoms with Gasteiger partial charge in [-0.25, -0.2) is 18.2 Å². The van der Waals surface area contributed by atoms with Gasteiger partial charge in [0.2, 0.25) is 0 Å². The first-order chi connectivity index (χ1) is 11.9. The monoisotopic (exact) mass is 348 g/mol. The zero-order chi connectivity index (χ0) is 18.7. The summed E-state index contributed by atoms with van der Waals surface area (Å²) in [5.74, 6) is -2.04. The molecule has 0 bridgehead atoms. The minimum Gasteiger partial charge on any atom is -0.268 e. The van der Waals surface area contributed by atoms with E-state index in [0.717, 1.165) is 22.8 Å². The second-order valence-corrected chi connectivity index (χ2v) is 5.21. The molecule has 25 heavy (non-hydrogen) atoms. The van der Waals surface area contributed by atoms with E-state index >= 15 is 0 Å². The van der Waals surface area contributed by atoms with Crippen LogP contribution >= 0.6 is 0 Å². The van der Waals surface area contributed by atoms with Crippen LogP contribution < -0.4 is 5.56 Å². The van der Waals surface area contributed by atoms with Gasteiger partial charge in [0.25, 0.3) is 5.56 Å². The highest BCUT2D eigenvalue weighted by atomic mass is 19.1. The zero-order valence-electron chi connectivity index (χ0n) is 14.5. The van der Waals surface area contributed by atoms with Gasteiger partial charge in [0.1, 0.15) is 29.0 Å². The van der Waals surface area contributed by atoms with E-state index in [-0.39, 0.29) is 28.7 Å². The van der Waals surface area contributed by atoms with Crippen LogP contribution in [0, 0.1) is 24.4 Å². The molecular formula is C19H19F3N2O. The molecule has 0 aliphatic rings. The average Bonchev–Trinajstić information content (AvgIpc) is 2.60. The molecule has 0 saturated carbocycles. The van der Waals surface area contributed by atoms with Crippen molar-refractivity contribution in [1.29, 1.82) is 0 Å². The molecule has 3 nitrogen and oxygen atoms in total. The molecule has 0 aliphatic carbocycles. The van der Waals surface area contributed by atoms with Crippen molar-refractivity contribution < 1.29 is 13.2 Å². The summed E-state index contributed by atoms with van der Waals surface area (Å²) >= 11 is 0. The number of hydrogen-bond donors (Lipinski definition) is 0. The minimum atomic E-state index is -0.859. The quantitative estimate of drug-likeness (QED) is 0.673. The summed E-state index contributed by atoms with van der Waals surface area (Å²) in [6.45, 7) is 7.21. The highest BCUT2D eigenvalue weighted by Gasteiger charge is 2.19. The smallest absolute Gasteiger partial charge is 0.266 e. The topological polar surface area (TPSA) is 34.9 Å². The summed E-state index contributed by atoms with van der Waals surface area (Å²) in [5, 5.41) is 0.115. The van der Waals surface area contributed by atoms with E-state index < -0.39 is 28.7 Å². The summed E-state index contributed by atoms with van der Waals surface area (Å²) in [7, 11) is 0. The molecule has 0 aliphatic heterocycles. The predicted molar refractivity (Wildman–Crippen MR) is 92.7 cm³/mol. The first-order valence-corrected chi connectivity index (χ1v) is 8.10. The Labute approximate surface area is 143 Å². The largest absolute Gasteiger partial charge is 0.268 e. The van der Waals surface area contributed by atoms with Crippen molar-refractivity contribution in [3.63, 3.8) is 0 Å². The Kier molecular flexibility index (Phi) is 5.62. The number of benzene rings is 2. The van der Waals surface area contributed by atoms with E-state index in [9.17, 15) is 18.0 Å². The predicted octanol–water partition coefficient (Wildman–Crippen LogP) is 4.70. The van der Waals surface area contributed by atoms with Crippen LogP contribution in [0.25, 0.3) is 16.6 Å². The number of aromatic nitrogens is 2. The Hall–Kier alpha value is -2.63. The van der Waals surface area contributed by atoms with Gasteiger partial charge in [0.05, 0.1) is 10.9 Å². The van der Waals surface area contributed by atoms with E-state index in [0.29, 0.717) is 0 Å². The number of halogens is 3. The lowest BCUT2D eigenvalue weighted by atomic mass is 10.1.